The molecule has 2 rings (SSSR count). The van der Waals surface area contributed by atoms with Crippen LogP contribution in [0.25, 0.3) is 5.82 Å². The van der Waals surface area contributed by atoms with Crippen LogP contribution in [-0.4, -0.2) is 36.9 Å². The quantitative estimate of drug-likeness (QED) is 0.737. The van der Waals surface area contributed by atoms with Crippen molar-refractivity contribution < 1.29 is 9.90 Å². The number of rotatable bonds is 5. The van der Waals surface area contributed by atoms with E-state index in [1.54, 1.807) is 24.5 Å². The fraction of sp³-hybridized carbons (Fsp3) is 0.333. The average Bonchev–Trinajstić information content (AvgIpc) is 2.88. The molecule has 0 spiro atoms. The molecule has 0 bridgehead atoms. The van der Waals surface area contributed by atoms with E-state index in [1.807, 2.05) is 13.8 Å². The van der Waals surface area contributed by atoms with E-state index < -0.39 is 12.0 Å². The van der Waals surface area contributed by atoms with E-state index in [1.165, 1.54) is 4.68 Å². The number of aromatic nitrogens is 4. The van der Waals surface area contributed by atoms with Gasteiger partial charge in [-0.1, -0.05) is 13.8 Å². The summed E-state index contributed by atoms with van der Waals surface area (Å²) in [5.41, 5.74) is 5.64. The lowest BCUT2D eigenvalue weighted by Gasteiger charge is -2.18. The van der Waals surface area contributed by atoms with E-state index in [0.29, 0.717) is 11.6 Å². The third-order valence-corrected chi connectivity index (χ3v) is 2.71. The standard InChI is InChI=1S/C12H16N6O2/c1-7(2)10(11(19)20)15-8-6-9(17-12(13)16-8)18-5-3-4-14-18/h3-7,10H,1-2H3,(H,19,20)(H3,13,15,16,17)/t10-/m0/s1. The first kappa shape index (κ1) is 13.8. The molecule has 1 atom stereocenters. The van der Waals surface area contributed by atoms with Crippen molar-refractivity contribution in [2.75, 3.05) is 11.1 Å². The summed E-state index contributed by atoms with van der Waals surface area (Å²) in [4.78, 5) is 19.2. The Hall–Kier alpha value is -2.64. The molecule has 2 aromatic rings. The van der Waals surface area contributed by atoms with Crippen LogP contribution in [0.2, 0.25) is 0 Å². The molecule has 0 unspecified atom stereocenters. The molecule has 0 fully saturated rings. The minimum atomic E-state index is -0.946. The molecule has 0 amide bonds. The second-order valence-electron chi connectivity index (χ2n) is 4.62. The highest BCUT2D eigenvalue weighted by atomic mass is 16.4. The van der Waals surface area contributed by atoms with Gasteiger partial charge in [0.15, 0.2) is 5.82 Å². The smallest absolute Gasteiger partial charge is 0.326 e. The molecule has 2 heterocycles. The lowest BCUT2D eigenvalue weighted by atomic mass is 10.1. The summed E-state index contributed by atoms with van der Waals surface area (Å²) < 4.78 is 1.52. The largest absolute Gasteiger partial charge is 0.480 e. The highest BCUT2D eigenvalue weighted by molar-refractivity contribution is 5.77. The number of hydrogen-bond acceptors (Lipinski definition) is 6. The molecule has 0 aromatic carbocycles. The zero-order valence-corrected chi connectivity index (χ0v) is 11.2. The Kier molecular flexibility index (Phi) is 3.83. The zero-order valence-electron chi connectivity index (χ0n) is 11.2. The number of carbonyl (C=O) groups is 1. The lowest BCUT2D eigenvalue weighted by molar-refractivity contribution is -0.138. The van der Waals surface area contributed by atoms with Crippen LogP contribution >= 0.6 is 0 Å². The van der Waals surface area contributed by atoms with Crippen LogP contribution in [0, 0.1) is 5.92 Å². The third-order valence-electron chi connectivity index (χ3n) is 2.71. The number of carboxylic acid groups (broad SMARTS) is 1. The number of hydrogen-bond donors (Lipinski definition) is 3. The van der Waals surface area contributed by atoms with E-state index in [9.17, 15) is 9.90 Å². The minimum absolute atomic E-state index is 0.0494. The Labute approximate surface area is 115 Å². The van der Waals surface area contributed by atoms with Gasteiger partial charge in [0.1, 0.15) is 11.9 Å². The van der Waals surface area contributed by atoms with E-state index in [4.69, 9.17) is 5.73 Å². The van der Waals surface area contributed by atoms with Crippen LogP contribution in [0.1, 0.15) is 13.8 Å². The average molecular weight is 276 g/mol. The molecule has 0 saturated carbocycles. The predicted molar refractivity (Wildman–Crippen MR) is 73.5 cm³/mol. The van der Waals surface area contributed by atoms with Crippen molar-refractivity contribution >= 4 is 17.7 Å². The molecule has 4 N–H and O–H groups in total. The highest BCUT2D eigenvalue weighted by Gasteiger charge is 2.22. The van der Waals surface area contributed by atoms with Gasteiger partial charge in [0, 0.05) is 18.5 Å². The SMILES string of the molecule is CC(C)[C@H](Nc1cc(-n2cccn2)nc(N)n1)C(=O)O. The van der Waals surface area contributed by atoms with Gasteiger partial charge < -0.3 is 16.2 Å². The number of nitrogen functional groups attached to an aromatic ring is 1. The normalized spacial score (nSPS) is 12.3. The maximum atomic E-state index is 11.2. The first-order chi connectivity index (χ1) is 9.47. The molecule has 0 aliphatic carbocycles. The monoisotopic (exact) mass is 276 g/mol. The maximum absolute atomic E-state index is 11.2. The molecule has 8 nitrogen and oxygen atoms in total. The number of anilines is 2. The molecule has 0 radical (unpaired) electrons. The topological polar surface area (TPSA) is 119 Å². The number of nitrogens with two attached hydrogens (primary N) is 1. The van der Waals surface area contributed by atoms with Crippen LogP contribution in [-0.2, 0) is 4.79 Å². The molecule has 8 heteroatoms. The number of nitrogens with zero attached hydrogens (tertiary/aromatic N) is 4. The van der Waals surface area contributed by atoms with Gasteiger partial charge in [-0.15, -0.1) is 0 Å². The van der Waals surface area contributed by atoms with Gasteiger partial charge in [0.05, 0.1) is 0 Å². The van der Waals surface area contributed by atoms with Crippen molar-refractivity contribution in [1.29, 1.82) is 0 Å². The third kappa shape index (κ3) is 3.02. The first-order valence-corrected chi connectivity index (χ1v) is 6.11. The van der Waals surface area contributed by atoms with Gasteiger partial charge in [-0.05, 0) is 12.0 Å². The van der Waals surface area contributed by atoms with Crippen molar-refractivity contribution in [2.24, 2.45) is 5.92 Å². The Morgan fingerprint density at radius 3 is 2.75 bits per heavy atom. The molecule has 0 aliphatic heterocycles. The molecule has 20 heavy (non-hydrogen) atoms. The second kappa shape index (κ2) is 5.55. The van der Waals surface area contributed by atoms with Crippen molar-refractivity contribution in [1.82, 2.24) is 19.7 Å². The van der Waals surface area contributed by atoms with Gasteiger partial charge in [0.2, 0.25) is 5.95 Å². The minimum Gasteiger partial charge on any atom is -0.480 e. The van der Waals surface area contributed by atoms with E-state index in [0.717, 1.165) is 0 Å². The molecule has 106 valence electrons. The van der Waals surface area contributed by atoms with Crippen molar-refractivity contribution in [2.45, 2.75) is 19.9 Å². The second-order valence-corrected chi connectivity index (χ2v) is 4.62. The lowest BCUT2D eigenvalue weighted by Crippen LogP contribution is -2.34. The van der Waals surface area contributed by atoms with E-state index in [2.05, 4.69) is 20.4 Å². The van der Waals surface area contributed by atoms with Crippen LogP contribution in [0.3, 0.4) is 0 Å². The molecule has 0 aliphatic rings. The van der Waals surface area contributed by atoms with Gasteiger partial charge in [-0.25, -0.2) is 9.48 Å². The Bertz CT molecular complexity index is 596. The van der Waals surface area contributed by atoms with E-state index in [-0.39, 0.29) is 11.9 Å². The maximum Gasteiger partial charge on any atom is 0.326 e. The summed E-state index contributed by atoms with van der Waals surface area (Å²) in [5, 5.41) is 16.1. The summed E-state index contributed by atoms with van der Waals surface area (Å²) in [6.45, 7) is 3.62. The molecule has 2 aromatic heterocycles. The highest BCUT2D eigenvalue weighted by Crippen LogP contribution is 2.15. The summed E-state index contributed by atoms with van der Waals surface area (Å²) >= 11 is 0. The van der Waals surface area contributed by atoms with Crippen LogP contribution in [0.5, 0.6) is 0 Å². The fourth-order valence-electron chi connectivity index (χ4n) is 1.72. The Morgan fingerprint density at radius 2 is 2.20 bits per heavy atom. The summed E-state index contributed by atoms with van der Waals surface area (Å²) in [6.07, 6.45) is 3.32. The van der Waals surface area contributed by atoms with Crippen LogP contribution in [0.4, 0.5) is 11.8 Å². The predicted octanol–water partition coefficient (Wildman–Crippen LogP) is 0.766. The van der Waals surface area contributed by atoms with Gasteiger partial charge in [-0.3, -0.25) is 0 Å². The Balaban J connectivity index is 2.31. The van der Waals surface area contributed by atoms with Crippen molar-refractivity contribution in [3.63, 3.8) is 0 Å². The van der Waals surface area contributed by atoms with Gasteiger partial charge >= 0.3 is 5.97 Å². The van der Waals surface area contributed by atoms with Gasteiger partial charge in [-0.2, -0.15) is 15.1 Å². The number of aliphatic carboxylic acids is 1. The first-order valence-electron chi connectivity index (χ1n) is 6.11. The zero-order chi connectivity index (χ0) is 14.7. The molecule has 0 saturated heterocycles. The summed E-state index contributed by atoms with van der Waals surface area (Å²) in [7, 11) is 0. The summed E-state index contributed by atoms with van der Waals surface area (Å²) in [6, 6.07) is 2.59. The van der Waals surface area contributed by atoms with Crippen LogP contribution in [0.15, 0.2) is 24.5 Å². The number of nitrogens with one attached hydrogen (secondary N) is 1. The summed E-state index contributed by atoms with van der Waals surface area (Å²) in [5.74, 6) is -0.176. The molecular weight excluding hydrogens is 260 g/mol. The fourth-order valence-corrected chi connectivity index (χ4v) is 1.72. The van der Waals surface area contributed by atoms with Crippen molar-refractivity contribution in [3.8, 4) is 5.82 Å². The van der Waals surface area contributed by atoms with Crippen LogP contribution < -0.4 is 11.1 Å². The van der Waals surface area contributed by atoms with Gasteiger partial charge in [0.25, 0.3) is 0 Å². The number of carboxylic acids is 1. The van der Waals surface area contributed by atoms with E-state index >= 15 is 0 Å². The Morgan fingerprint density at radius 1 is 1.45 bits per heavy atom. The van der Waals surface area contributed by atoms with Crippen molar-refractivity contribution in [3.05, 3.63) is 24.5 Å². The molecular formula is C12H16N6O2.